The summed E-state index contributed by atoms with van der Waals surface area (Å²) in [7, 11) is -3.27. The summed E-state index contributed by atoms with van der Waals surface area (Å²) in [6, 6.07) is 5.04. The highest BCUT2D eigenvalue weighted by molar-refractivity contribution is 7.90. The van der Waals surface area contributed by atoms with E-state index in [1.807, 2.05) is 13.8 Å². The molecule has 2 aliphatic rings. The maximum atomic E-state index is 13.0. The monoisotopic (exact) mass is 364 g/mol. The Bertz CT molecular complexity index is 816. The second kappa shape index (κ2) is 6.44. The molecule has 0 aromatic heterocycles. The van der Waals surface area contributed by atoms with Crippen LogP contribution in [0.4, 0.5) is 5.69 Å². The van der Waals surface area contributed by atoms with E-state index in [2.05, 4.69) is 0 Å². The number of fused-ring (bicyclic) bond motifs is 1. The SMILES string of the molecule is CC(C)N1CC(C(=O)N2CCCc3cc(S(C)(=O)=O)ccc32)CC1=O. The molecule has 2 heterocycles. The van der Waals surface area contributed by atoms with Gasteiger partial charge in [-0.25, -0.2) is 8.42 Å². The number of hydrogen-bond donors (Lipinski definition) is 0. The molecule has 1 aromatic carbocycles. The summed E-state index contributed by atoms with van der Waals surface area (Å²) in [5.41, 5.74) is 1.66. The number of sulfone groups is 1. The molecule has 0 spiro atoms. The number of hydrogen-bond acceptors (Lipinski definition) is 4. The first-order valence-electron chi connectivity index (χ1n) is 8.62. The van der Waals surface area contributed by atoms with Gasteiger partial charge in [-0.15, -0.1) is 0 Å². The van der Waals surface area contributed by atoms with Crippen molar-refractivity contribution < 1.29 is 18.0 Å². The number of likely N-dealkylation sites (tertiary alicyclic amines) is 1. The van der Waals surface area contributed by atoms with Crippen molar-refractivity contribution in [3.05, 3.63) is 23.8 Å². The molecule has 1 unspecified atom stereocenters. The third kappa shape index (κ3) is 3.42. The smallest absolute Gasteiger partial charge is 0.232 e. The third-order valence-electron chi connectivity index (χ3n) is 4.99. The van der Waals surface area contributed by atoms with E-state index >= 15 is 0 Å². The lowest BCUT2D eigenvalue weighted by Crippen LogP contribution is -2.41. The topological polar surface area (TPSA) is 74.8 Å². The van der Waals surface area contributed by atoms with Crippen LogP contribution in [-0.2, 0) is 25.8 Å². The molecule has 1 aromatic rings. The van der Waals surface area contributed by atoms with Gasteiger partial charge in [-0.1, -0.05) is 0 Å². The Labute approximate surface area is 148 Å². The van der Waals surface area contributed by atoms with Gasteiger partial charge >= 0.3 is 0 Å². The van der Waals surface area contributed by atoms with Crippen LogP contribution in [0.2, 0.25) is 0 Å². The Morgan fingerprint density at radius 1 is 1.28 bits per heavy atom. The number of anilines is 1. The standard InChI is InChI=1S/C18H24N2O4S/c1-12(2)20-11-14(10-17(20)21)18(22)19-8-4-5-13-9-15(25(3,23)24)6-7-16(13)19/h6-7,9,12,14H,4-5,8,10-11H2,1-3H3. The van der Waals surface area contributed by atoms with Gasteiger partial charge in [-0.2, -0.15) is 0 Å². The molecule has 6 nitrogen and oxygen atoms in total. The van der Waals surface area contributed by atoms with E-state index in [0.717, 1.165) is 24.1 Å². The van der Waals surface area contributed by atoms with E-state index in [1.165, 1.54) is 6.26 Å². The van der Waals surface area contributed by atoms with Crippen LogP contribution in [0.3, 0.4) is 0 Å². The van der Waals surface area contributed by atoms with E-state index in [0.29, 0.717) is 13.1 Å². The van der Waals surface area contributed by atoms with E-state index < -0.39 is 9.84 Å². The van der Waals surface area contributed by atoms with E-state index in [4.69, 9.17) is 0 Å². The highest BCUT2D eigenvalue weighted by Crippen LogP contribution is 2.32. The summed E-state index contributed by atoms with van der Waals surface area (Å²) < 4.78 is 23.5. The van der Waals surface area contributed by atoms with Gasteiger partial charge in [0.05, 0.1) is 10.8 Å². The van der Waals surface area contributed by atoms with Gasteiger partial charge < -0.3 is 9.80 Å². The number of carbonyl (C=O) groups excluding carboxylic acids is 2. The van der Waals surface area contributed by atoms with Crippen LogP contribution in [-0.4, -0.2) is 50.5 Å². The maximum absolute atomic E-state index is 13.0. The highest BCUT2D eigenvalue weighted by Gasteiger charge is 2.38. The zero-order valence-corrected chi connectivity index (χ0v) is 15.7. The molecule has 1 fully saturated rings. The summed E-state index contributed by atoms with van der Waals surface area (Å²) in [6.45, 7) is 4.97. The fraction of sp³-hybridized carbons (Fsp3) is 0.556. The molecule has 0 saturated carbocycles. The van der Waals surface area contributed by atoms with Gasteiger partial charge in [-0.3, -0.25) is 9.59 Å². The molecule has 7 heteroatoms. The fourth-order valence-electron chi connectivity index (χ4n) is 3.65. The van der Waals surface area contributed by atoms with Crippen molar-refractivity contribution >= 4 is 27.3 Å². The van der Waals surface area contributed by atoms with E-state index in [9.17, 15) is 18.0 Å². The average molecular weight is 364 g/mol. The van der Waals surface area contributed by atoms with Gasteiger partial charge in [-0.05, 0) is 50.5 Å². The van der Waals surface area contributed by atoms with Crippen molar-refractivity contribution in [2.24, 2.45) is 5.92 Å². The summed E-state index contributed by atoms with van der Waals surface area (Å²) in [6.07, 6.45) is 2.99. The summed E-state index contributed by atoms with van der Waals surface area (Å²) in [5, 5.41) is 0. The Hall–Kier alpha value is -1.89. The predicted molar refractivity (Wildman–Crippen MR) is 95.2 cm³/mol. The van der Waals surface area contributed by atoms with Gasteiger partial charge in [0.25, 0.3) is 0 Å². The summed E-state index contributed by atoms with van der Waals surface area (Å²) in [5.74, 6) is -0.335. The second-order valence-corrected chi connectivity index (χ2v) is 9.21. The van der Waals surface area contributed by atoms with Crippen molar-refractivity contribution in [3.63, 3.8) is 0 Å². The number of aryl methyl sites for hydroxylation is 1. The van der Waals surface area contributed by atoms with Crippen molar-refractivity contribution in [2.45, 2.75) is 44.0 Å². The molecule has 2 amide bonds. The molecule has 0 aliphatic carbocycles. The molecule has 0 bridgehead atoms. The number of benzene rings is 1. The van der Waals surface area contributed by atoms with Gasteiger partial charge in [0.15, 0.2) is 9.84 Å². The van der Waals surface area contributed by atoms with Gasteiger partial charge in [0.2, 0.25) is 11.8 Å². The molecule has 0 radical (unpaired) electrons. The second-order valence-electron chi connectivity index (χ2n) is 7.20. The zero-order valence-electron chi connectivity index (χ0n) is 14.9. The van der Waals surface area contributed by atoms with E-state index in [1.54, 1.807) is 28.0 Å². The number of amides is 2. The van der Waals surface area contributed by atoms with Crippen LogP contribution >= 0.6 is 0 Å². The fourth-order valence-corrected chi connectivity index (χ4v) is 4.32. The molecule has 1 saturated heterocycles. The average Bonchev–Trinajstić information content (AvgIpc) is 2.94. The first-order valence-corrected chi connectivity index (χ1v) is 10.5. The molecular weight excluding hydrogens is 340 g/mol. The summed E-state index contributed by atoms with van der Waals surface area (Å²) in [4.78, 5) is 28.8. The van der Waals surface area contributed by atoms with Gasteiger partial charge in [0.1, 0.15) is 0 Å². The third-order valence-corrected chi connectivity index (χ3v) is 6.11. The normalized spacial score (nSPS) is 21.0. The van der Waals surface area contributed by atoms with Crippen LogP contribution in [0, 0.1) is 5.92 Å². The van der Waals surface area contributed by atoms with Crippen LogP contribution in [0.25, 0.3) is 0 Å². The summed E-state index contributed by atoms with van der Waals surface area (Å²) >= 11 is 0. The van der Waals surface area contributed by atoms with Crippen molar-refractivity contribution in [2.75, 3.05) is 24.2 Å². The van der Waals surface area contributed by atoms with Crippen molar-refractivity contribution in [1.29, 1.82) is 0 Å². The minimum absolute atomic E-state index is 0.0259. The number of carbonyl (C=O) groups is 2. The van der Waals surface area contributed by atoms with Crippen LogP contribution in [0.15, 0.2) is 23.1 Å². The van der Waals surface area contributed by atoms with Crippen molar-refractivity contribution in [3.8, 4) is 0 Å². The van der Waals surface area contributed by atoms with Crippen molar-refractivity contribution in [1.82, 2.24) is 4.90 Å². The molecular formula is C18H24N2O4S. The lowest BCUT2D eigenvalue weighted by Gasteiger charge is -2.31. The Balaban J connectivity index is 1.86. The molecule has 0 N–H and O–H groups in total. The van der Waals surface area contributed by atoms with Crippen LogP contribution in [0.1, 0.15) is 32.3 Å². The maximum Gasteiger partial charge on any atom is 0.232 e. The number of rotatable bonds is 3. The molecule has 25 heavy (non-hydrogen) atoms. The first kappa shape index (κ1) is 17.9. The van der Waals surface area contributed by atoms with Crippen LogP contribution in [0.5, 0.6) is 0 Å². The zero-order chi connectivity index (χ0) is 18.4. The molecule has 3 rings (SSSR count). The van der Waals surface area contributed by atoms with Crippen LogP contribution < -0.4 is 4.90 Å². The Morgan fingerprint density at radius 2 is 2.00 bits per heavy atom. The Morgan fingerprint density at radius 3 is 2.60 bits per heavy atom. The first-order chi connectivity index (χ1) is 11.7. The lowest BCUT2D eigenvalue weighted by molar-refractivity contribution is -0.129. The minimum atomic E-state index is -3.27. The minimum Gasteiger partial charge on any atom is -0.339 e. The largest absolute Gasteiger partial charge is 0.339 e. The molecule has 2 aliphatic heterocycles. The predicted octanol–water partition coefficient (Wildman–Crippen LogP) is 1.63. The lowest BCUT2D eigenvalue weighted by atomic mass is 9.99. The Kier molecular flexibility index (Phi) is 4.62. The number of nitrogens with zero attached hydrogens (tertiary/aromatic N) is 2. The molecule has 1 atom stereocenters. The highest BCUT2D eigenvalue weighted by atomic mass is 32.2. The van der Waals surface area contributed by atoms with Gasteiger partial charge in [0, 0.05) is 37.5 Å². The van der Waals surface area contributed by atoms with E-state index in [-0.39, 0.29) is 35.1 Å². The molecule has 136 valence electrons. The quantitative estimate of drug-likeness (QED) is 0.817.